The Bertz CT molecular complexity index is 565. The number of carbonyl (C=O) groups is 3. The van der Waals surface area contributed by atoms with E-state index < -0.39 is 17.8 Å². The topological polar surface area (TPSA) is 92.7 Å². The highest BCUT2D eigenvalue weighted by Crippen LogP contribution is 2.09. The number of hydrogen-bond acceptors (Lipinski definition) is 4. The minimum absolute atomic E-state index is 0.219. The molecule has 1 amide bonds. The molecule has 0 aliphatic carbocycles. The molecule has 0 saturated carbocycles. The van der Waals surface area contributed by atoms with Gasteiger partial charge >= 0.3 is 11.9 Å². The Morgan fingerprint density at radius 1 is 1.29 bits per heavy atom. The number of hydrogen-bond donors (Lipinski definition) is 2. The molecule has 0 aliphatic heterocycles. The number of carboxylic acids is 1. The highest BCUT2D eigenvalue weighted by Gasteiger charge is 2.11. The van der Waals surface area contributed by atoms with Gasteiger partial charge < -0.3 is 15.2 Å². The van der Waals surface area contributed by atoms with E-state index in [4.69, 9.17) is 16.7 Å². The lowest BCUT2D eigenvalue weighted by Gasteiger charge is -2.08. The van der Waals surface area contributed by atoms with Crippen molar-refractivity contribution in [2.45, 2.75) is 19.9 Å². The van der Waals surface area contributed by atoms with E-state index in [1.807, 2.05) is 0 Å². The summed E-state index contributed by atoms with van der Waals surface area (Å²) in [7, 11) is 0. The number of ether oxygens (including phenoxy) is 1. The largest absolute Gasteiger partial charge is 0.478 e. The van der Waals surface area contributed by atoms with Crippen LogP contribution in [0.15, 0.2) is 36.1 Å². The van der Waals surface area contributed by atoms with Gasteiger partial charge in [0.15, 0.2) is 0 Å². The number of benzene rings is 1. The molecule has 0 unspecified atom stereocenters. The van der Waals surface area contributed by atoms with Crippen LogP contribution in [0.5, 0.6) is 0 Å². The number of rotatable bonds is 6. The first kappa shape index (κ1) is 16.7. The first-order valence-electron chi connectivity index (χ1n) is 6.00. The van der Waals surface area contributed by atoms with E-state index in [0.717, 1.165) is 12.5 Å². The fourth-order valence-electron chi connectivity index (χ4n) is 1.46. The molecule has 21 heavy (non-hydrogen) atoms. The van der Waals surface area contributed by atoms with Gasteiger partial charge in [0.25, 0.3) is 0 Å². The van der Waals surface area contributed by atoms with Crippen molar-refractivity contribution in [3.8, 4) is 0 Å². The molecular weight excluding hydrogens is 298 g/mol. The van der Waals surface area contributed by atoms with Crippen LogP contribution in [0.4, 0.5) is 0 Å². The molecule has 112 valence electrons. The number of carbonyl (C=O) groups excluding carboxylic acids is 2. The van der Waals surface area contributed by atoms with Crippen LogP contribution in [-0.2, 0) is 25.7 Å². The Kier molecular flexibility index (Phi) is 6.42. The standard InChI is InChI=1S/C14H14ClNO5/c1-9(17)21-12(7-14(19)20)6-13(18)16-8-10-2-4-11(15)5-3-10/h2-5,7H,6,8H2,1H3,(H,16,18)(H,19,20)/b12-7-. The van der Waals surface area contributed by atoms with E-state index in [0.29, 0.717) is 11.1 Å². The summed E-state index contributed by atoms with van der Waals surface area (Å²) in [6.45, 7) is 1.39. The molecule has 0 saturated heterocycles. The summed E-state index contributed by atoms with van der Waals surface area (Å²) >= 11 is 5.74. The third kappa shape index (κ3) is 7.12. The van der Waals surface area contributed by atoms with Gasteiger partial charge in [-0.2, -0.15) is 0 Å². The van der Waals surface area contributed by atoms with Gasteiger partial charge in [-0.1, -0.05) is 23.7 Å². The molecule has 7 heteroatoms. The van der Waals surface area contributed by atoms with Crippen molar-refractivity contribution in [1.82, 2.24) is 5.32 Å². The molecule has 0 aromatic heterocycles. The second kappa shape index (κ2) is 8.06. The van der Waals surface area contributed by atoms with Crippen molar-refractivity contribution >= 4 is 29.4 Å². The van der Waals surface area contributed by atoms with Crippen molar-refractivity contribution in [2.75, 3.05) is 0 Å². The highest BCUT2D eigenvalue weighted by atomic mass is 35.5. The zero-order chi connectivity index (χ0) is 15.8. The molecule has 1 aromatic rings. The maximum atomic E-state index is 11.7. The summed E-state index contributed by atoms with van der Waals surface area (Å²) in [5.41, 5.74) is 0.837. The lowest BCUT2D eigenvalue weighted by Crippen LogP contribution is -2.24. The van der Waals surface area contributed by atoms with Crippen molar-refractivity contribution in [1.29, 1.82) is 0 Å². The summed E-state index contributed by atoms with van der Waals surface area (Å²) in [5, 5.41) is 11.8. The predicted molar refractivity (Wildman–Crippen MR) is 75.4 cm³/mol. The third-order valence-corrected chi connectivity index (χ3v) is 2.55. The summed E-state index contributed by atoms with van der Waals surface area (Å²) in [4.78, 5) is 33.1. The lowest BCUT2D eigenvalue weighted by atomic mass is 10.2. The van der Waals surface area contributed by atoms with Gasteiger partial charge in [0.1, 0.15) is 5.76 Å². The van der Waals surface area contributed by atoms with Crippen LogP contribution in [0.1, 0.15) is 18.9 Å². The van der Waals surface area contributed by atoms with Crippen LogP contribution in [-0.4, -0.2) is 23.0 Å². The zero-order valence-electron chi connectivity index (χ0n) is 11.3. The van der Waals surface area contributed by atoms with E-state index in [9.17, 15) is 14.4 Å². The van der Waals surface area contributed by atoms with Gasteiger partial charge in [-0.15, -0.1) is 0 Å². The Morgan fingerprint density at radius 2 is 1.90 bits per heavy atom. The predicted octanol–water partition coefficient (Wildman–Crippen LogP) is 1.88. The molecule has 0 spiro atoms. The monoisotopic (exact) mass is 311 g/mol. The molecule has 0 bridgehead atoms. The van der Waals surface area contributed by atoms with Gasteiger partial charge in [0, 0.05) is 18.5 Å². The summed E-state index contributed by atoms with van der Waals surface area (Å²) < 4.78 is 4.66. The third-order valence-electron chi connectivity index (χ3n) is 2.30. The Morgan fingerprint density at radius 3 is 2.43 bits per heavy atom. The Labute approximate surface area is 126 Å². The minimum Gasteiger partial charge on any atom is -0.478 e. The normalized spacial score (nSPS) is 10.9. The summed E-state index contributed by atoms with van der Waals surface area (Å²) in [6, 6.07) is 6.89. The van der Waals surface area contributed by atoms with Crippen LogP contribution >= 0.6 is 11.6 Å². The van der Waals surface area contributed by atoms with E-state index in [1.165, 1.54) is 0 Å². The maximum Gasteiger partial charge on any atom is 0.331 e. The number of halogens is 1. The molecule has 0 radical (unpaired) electrons. The van der Waals surface area contributed by atoms with E-state index in [-0.39, 0.29) is 18.7 Å². The highest BCUT2D eigenvalue weighted by molar-refractivity contribution is 6.30. The molecule has 0 aliphatic rings. The second-order valence-electron chi connectivity index (χ2n) is 4.12. The molecule has 1 aromatic carbocycles. The van der Waals surface area contributed by atoms with Crippen LogP contribution in [0.25, 0.3) is 0 Å². The van der Waals surface area contributed by atoms with Gasteiger partial charge in [-0.25, -0.2) is 4.79 Å². The van der Waals surface area contributed by atoms with Gasteiger partial charge in [-0.3, -0.25) is 9.59 Å². The molecule has 1 rings (SSSR count). The van der Waals surface area contributed by atoms with Crippen LogP contribution in [0.3, 0.4) is 0 Å². The number of esters is 1. The number of carboxylic acid groups (broad SMARTS) is 1. The molecule has 0 fully saturated rings. The lowest BCUT2D eigenvalue weighted by molar-refractivity contribution is -0.137. The van der Waals surface area contributed by atoms with Gasteiger partial charge in [-0.05, 0) is 17.7 Å². The van der Waals surface area contributed by atoms with Crippen molar-refractivity contribution < 1.29 is 24.2 Å². The smallest absolute Gasteiger partial charge is 0.331 e. The van der Waals surface area contributed by atoms with Gasteiger partial charge in [0.2, 0.25) is 5.91 Å². The van der Waals surface area contributed by atoms with Crippen LogP contribution in [0, 0.1) is 0 Å². The number of aliphatic carboxylic acids is 1. The Balaban J connectivity index is 2.55. The molecule has 6 nitrogen and oxygen atoms in total. The van der Waals surface area contributed by atoms with E-state index in [2.05, 4.69) is 10.1 Å². The van der Waals surface area contributed by atoms with E-state index >= 15 is 0 Å². The average molecular weight is 312 g/mol. The van der Waals surface area contributed by atoms with Crippen LogP contribution < -0.4 is 5.32 Å². The Hall–Kier alpha value is -2.34. The fourth-order valence-corrected chi connectivity index (χ4v) is 1.59. The quantitative estimate of drug-likeness (QED) is 0.475. The summed E-state index contributed by atoms with van der Waals surface area (Å²) in [5.74, 6) is -2.66. The molecular formula is C14H14ClNO5. The van der Waals surface area contributed by atoms with Crippen molar-refractivity contribution in [3.05, 3.63) is 46.7 Å². The fraction of sp³-hybridized carbons (Fsp3) is 0.214. The first-order chi connectivity index (χ1) is 9.86. The molecule has 0 heterocycles. The first-order valence-corrected chi connectivity index (χ1v) is 6.37. The van der Waals surface area contributed by atoms with Crippen LogP contribution in [0.2, 0.25) is 5.02 Å². The number of amides is 1. The molecule has 0 atom stereocenters. The van der Waals surface area contributed by atoms with Crippen molar-refractivity contribution in [3.63, 3.8) is 0 Å². The minimum atomic E-state index is -1.29. The average Bonchev–Trinajstić information content (AvgIpc) is 2.36. The zero-order valence-corrected chi connectivity index (χ0v) is 12.0. The van der Waals surface area contributed by atoms with Gasteiger partial charge in [0.05, 0.1) is 12.5 Å². The maximum absolute atomic E-state index is 11.7. The van der Waals surface area contributed by atoms with E-state index in [1.54, 1.807) is 24.3 Å². The van der Waals surface area contributed by atoms with Crippen molar-refractivity contribution in [2.24, 2.45) is 0 Å². The number of nitrogens with one attached hydrogen (secondary N) is 1. The molecule has 2 N–H and O–H groups in total. The summed E-state index contributed by atoms with van der Waals surface area (Å²) in [6.07, 6.45) is 0.350. The second-order valence-corrected chi connectivity index (χ2v) is 4.56. The SMILES string of the molecule is CC(=O)O/C(=C\C(=O)O)CC(=O)NCc1ccc(Cl)cc1.